The van der Waals surface area contributed by atoms with Gasteiger partial charge in [-0.2, -0.15) is 0 Å². The Balaban J connectivity index is 1.47. The third-order valence-corrected chi connectivity index (χ3v) is 9.56. The van der Waals surface area contributed by atoms with Gasteiger partial charge in [-0.1, -0.05) is 12.8 Å². The summed E-state index contributed by atoms with van der Waals surface area (Å²) in [5.74, 6) is 1.97. The number of hydrogen-bond acceptors (Lipinski definition) is 7. The number of piperidine rings is 1. The zero-order chi connectivity index (χ0) is 21.4. The van der Waals surface area contributed by atoms with Crippen LogP contribution in [0.2, 0.25) is 0 Å². The molecule has 10 heteroatoms. The predicted molar refractivity (Wildman–Crippen MR) is 119 cm³/mol. The standard InChI is InChI=1S/C20H34N4O4S2/c25-17(23-28)5-3-1-2-4-8-22-18(26)16-13-20(29-11-12-30-20)14-24(16)19(27)15-6-9-21-10-7-15/h15-16,21,28H,1-14H2,(H,22,26)(H,23,25)/t16-/m0/s1. The summed E-state index contributed by atoms with van der Waals surface area (Å²) < 4.78 is -0.0160. The number of nitrogens with zero attached hydrogens (tertiary/aromatic N) is 1. The molecule has 0 bridgehead atoms. The zero-order valence-corrected chi connectivity index (χ0v) is 19.1. The minimum absolute atomic E-state index is 0.0160. The van der Waals surface area contributed by atoms with Gasteiger partial charge in [-0.3, -0.25) is 19.6 Å². The lowest BCUT2D eigenvalue weighted by Crippen LogP contribution is -2.49. The van der Waals surface area contributed by atoms with E-state index < -0.39 is 0 Å². The van der Waals surface area contributed by atoms with Gasteiger partial charge in [0.2, 0.25) is 17.7 Å². The first-order chi connectivity index (χ1) is 14.5. The predicted octanol–water partition coefficient (Wildman–Crippen LogP) is 1.34. The van der Waals surface area contributed by atoms with E-state index in [1.807, 2.05) is 28.4 Å². The second-order valence-electron chi connectivity index (χ2n) is 8.31. The highest BCUT2D eigenvalue weighted by molar-refractivity contribution is 8.21. The van der Waals surface area contributed by atoms with Crippen molar-refractivity contribution in [3.05, 3.63) is 0 Å². The largest absolute Gasteiger partial charge is 0.354 e. The molecule has 170 valence electrons. The molecular formula is C20H34N4O4S2. The Hall–Kier alpha value is -0.970. The van der Waals surface area contributed by atoms with Gasteiger partial charge in [0.05, 0.1) is 4.08 Å². The number of amides is 3. The molecule has 0 aromatic rings. The number of carbonyl (C=O) groups is 3. The second-order valence-corrected chi connectivity index (χ2v) is 11.5. The third-order valence-electron chi connectivity index (χ3n) is 6.13. The molecule has 3 fully saturated rings. The molecule has 4 N–H and O–H groups in total. The average molecular weight is 459 g/mol. The number of likely N-dealkylation sites (tertiary alicyclic amines) is 1. The van der Waals surface area contributed by atoms with Crippen LogP contribution in [0.3, 0.4) is 0 Å². The van der Waals surface area contributed by atoms with Crippen LogP contribution in [0.5, 0.6) is 0 Å². The summed E-state index contributed by atoms with van der Waals surface area (Å²) in [4.78, 5) is 39.1. The Morgan fingerprint density at radius 1 is 1.07 bits per heavy atom. The molecule has 0 unspecified atom stereocenters. The molecule has 8 nitrogen and oxygen atoms in total. The van der Waals surface area contributed by atoms with Crippen LogP contribution in [0.1, 0.15) is 51.4 Å². The van der Waals surface area contributed by atoms with Gasteiger partial charge >= 0.3 is 0 Å². The molecule has 0 aromatic heterocycles. The van der Waals surface area contributed by atoms with Gasteiger partial charge in [-0.15, -0.1) is 23.5 Å². The van der Waals surface area contributed by atoms with Crippen LogP contribution in [0.4, 0.5) is 0 Å². The molecule has 0 aromatic carbocycles. The summed E-state index contributed by atoms with van der Waals surface area (Å²) in [5.41, 5.74) is 1.64. The van der Waals surface area contributed by atoms with E-state index in [0.717, 1.165) is 69.5 Å². The zero-order valence-electron chi connectivity index (χ0n) is 17.5. The minimum Gasteiger partial charge on any atom is -0.354 e. The molecule has 3 aliphatic rings. The minimum atomic E-state index is -0.362. The first-order valence-corrected chi connectivity index (χ1v) is 13.0. The van der Waals surface area contributed by atoms with E-state index in [4.69, 9.17) is 5.21 Å². The molecule has 3 aliphatic heterocycles. The summed E-state index contributed by atoms with van der Waals surface area (Å²) >= 11 is 3.82. The van der Waals surface area contributed by atoms with Gasteiger partial charge in [-0.25, -0.2) is 5.48 Å². The fourth-order valence-electron chi connectivity index (χ4n) is 4.46. The normalized spacial score (nSPS) is 23.6. The molecule has 3 heterocycles. The van der Waals surface area contributed by atoms with Crippen molar-refractivity contribution in [1.29, 1.82) is 0 Å². The van der Waals surface area contributed by atoms with Crippen molar-refractivity contribution in [2.45, 2.75) is 61.5 Å². The van der Waals surface area contributed by atoms with E-state index >= 15 is 0 Å². The van der Waals surface area contributed by atoms with Crippen molar-refractivity contribution in [1.82, 2.24) is 21.0 Å². The van der Waals surface area contributed by atoms with Crippen LogP contribution >= 0.6 is 23.5 Å². The molecule has 1 atom stereocenters. The lowest BCUT2D eigenvalue weighted by Gasteiger charge is -2.30. The van der Waals surface area contributed by atoms with Crippen LogP contribution in [0.15, 0.2) is 0 Å². The summed E-state index contributed by atoms with van der Waals surface area (Å²) in [5, 5.41) is 14.8. The van der Waals surface area contributed by atoms with Crippen molar-refractivity contribution in [3.63, 3.8) is 0 Å². The molecule has 1 spiro atoms. The van der Waals surface area contributed by atoms with Crippen LogP contribution in [0, 0.1) is 5.92 Å². The molecule has 0 radical (unpaired) electrons. The van der Waals surface area contributed by atoms with E-state index in [-0.39, 0.29) is 33.8 Å². The first-order valence-electron chi connectivity index (χ1n) is 11.0. The summed E-state index contributed by atoms with van der Waals surface area (Å²) in [7, 11) is 0. The Kier molecular flexibility index (Phi) is 9.15. The number of hydroxylamine groups is 1. The van der Waals surface area contributed by atoms with E-state index in [1.54, 1.807) is 5.48 Å². The Bertz CT molecular complexity index is 610. The van der Waals surface area contributed by atoms with Crippen molar-refractivity contribution >= 4 is 41.2 Å². The number of thioether (sulfide) groups is 2. The van der Waals surface area contributed by atoms with Crippen molar-refractivity contribution in [2.24, 2.45) is 5.92 Å². The molecule has 3 amide bonds. The lowest BCUT2D eigenvalue weighted by atomic mass is 9.96. The van der Waals surface area contributed by atoms with Crippen LogP contribution in [-0.2, 0) is 14.4 Å². The summed E-state index contributed by atoms with van der Waals surface area (Å²) in [6, 6.07) is -0.362. The SMILES string of the molecule is O=C(CCCCCCNC(=O)[C@@H]1CC2(CN1C(=O)C1CCNCC1)SCCS2)NO. The third kappa shape index (κ3) is 6.27. The summed E-state index contributed by atoms with van der Waals surface area (Å²) in [6.45, 7) is 3.01. The topological polar surface area (TPSA) is 111 Å². The maximum Gasteiger partial charge on any atom is 0.243 e. The van der Waals surface area contributed by atoms with Crippen LogP contribution < -0.4 is 16.1 Å². The van der Waals surface area contributed by atoms with Gasteiger partial charge < -0.3 is 15.5 Å². The number of hydrogen-bond donors (Lipinski definition) is 4. The first kappa shape index (κ1) is 23.7. The molecule has 3 rings (SSSR count). The van der Waals surface area contributed by atoms with E-state index in [1.165, 1.54) is 0 Å². The average Bonchev–Trinajstić information content (AvgIpc) is 3.39. The quantitative estimate of drug-likeness (QED) is 0.234. The maximum atomic E-state index is 13.2. The second kappa shape index (κ2) is 11.6. The molecule has 0 saturated carbocycles. The maximum absolute atomic E-state index is 13.2. The van der Waals surface area contributed by atoms with Gasteiger partial charge in [-0.05, 0) is 38.8 Å². The summed E-state index contributed by atoms with van der Waals surface area (Å²) in [6.07, 6.45) is 6.11. The van der Waals surface area contributed by atoms with Gasteiger partial charge in [0, 0.05) is 43.4 Å². The van der Waals surface area contributed by atoms with E-state index in [2.05, 4.69) is 10.6 Å². The Morgan fingerprint density at radius 2 is 1.77 bits per heavy atom. The number of rotatable bonds is 9. The Morgan fingerprint density at radius 3 is 2.47 bits per heavy atom. The fraction of sp³-hybridized carbons (Fsp3) is 0.850. The van der Waals surface area contributed by atoms with E-state index in [0.29, 0.717) is 19.5 Å². The number of unbranched alkanes of at least 4 members (excludes halogenated alkanes) is 3. The molecule has 30 heavy (non-hydrogen) atoms. The Labute approximate surface area is 187 Å². The van der Waals surface area contributed by atoms with Crippen LogP contribution in [-0.4, -0.2) is 75.6 Å². The monoisotopic (exact) mass is 458 g/mol. The van der Waals surface area contributed by atoms with Gasteiger partial charge in [0.15, 0.2) is 0 Å². The number of nitrogens with one attached hydrogen (secondary N) is 3. The lowest BCUT2D eigenvalue weighted by molar-refractivity contribution is -0.142. The smallest absolute Gasteiger partial charge is 0.243 e. The fourth-order valence-corrected chi connectivity index (χ4v) is 7.72. The highest BCUT2D eigenvalue weighted by Crippen LogP contribution is 2.52. The number of carbonyl (C=O) groups excluding carboxylic acids is 3. The molecule has 3 saturated heterocycles. The van der Waals surface area contributed by atoms with E-state index in [9.17, 15) is 14.4 Å². The molecular weight excluding hydrogens is 424 g/mol. The van der Waals surface area contributed by atoms with Crippen LogP contribution in [0.25, 0.3) is 0 Å². The highest BCUT2D eigenvalue weighted by atomic mass is 32.2. The van der Waals surface area contributed by atoms with Gasteiger partial charge in [0.1, 0.15) is 6.04 Å². The van der Waals surface area contributed by atoms with Gasteiger partial charge in [0.25, 0.3) is 0 Å². The highest BCUT2D eigenvalue weighted by Gasteiger charge is 2.51. The van der Waals surface area contributed by atoms with Crippen molar-refractivity contribution in [2.75, 3.05) is 37.7 Å². The molecule has 0 aliphatic carbocycles. The van der Waals surface area contributed by atoms with Crippen molar-refractivity contribution < 1.29 is 19.6 Å². The van der Waals surface area contributed by atoms with Crippen molar-refractivity contribution in [3.8, 4) is 0 Å².